The molecule has 1 aliphatic rings. The van der Waals surface area contributed by atoms with Crippen LogP contribution in [0.4, 0.5) is 0 Å². The molecule has 1 heterocycles. The van der Waals surface area contributed by atoms with Crippen molar-refractivity contribution < 1.29 is 9.53 Å². The molecule has 1 atom stereocenters. The first kappa shape index (κ1) is 15.9. The Morgan fingerprint density at radius 3 is 3.10 bits per heavy atom. The Hall–Kier alpha value is -1.52. The minimum atomic E-state index is -0.537. The highest BCUT2D eigenvalue weighted by atomic mass is 35.5. The third-order valence-electron chi connectivity index (χ3n) is 3.38. The highest BCUT2D eigenvalue weighted by Crippen LogP contribution is 2.18. The van der Waals surface area contributed by atoms with E-state index in [0.717, 1.165) is 25.9 Å². The first-order valence-electron chi connectivity index (χ1n) is 7.24. The van der Waals surface area contributed by atoms with Gasteiger partial charge < -0.3 is 15.4 Å². The summed E-state index contributed by atoms with van der Waals surface area (Å²) in [6.45, 7) is 4.33. The van der Waals surface area contributed by atoms with Crippen LogP contribution >= 0.6 is 11.6 Å². The largest absolute Gasteiger partial charge is 0.481 e. The van der Waals surface area contributed by atoms with Crippen LogP contribution in [-0.2, 0) is 4.79 Å². The number of hydrogen-bond acceptors (Lipinski definition) is 3. The number of carbonyl (C=O) groups is 1. The van der Waals surface area contributed by atoms with Crippen LogP contribution in [-0.4, -0.2) is 31.6 Å². The fourth-order valence-corrected chi connectivity index (χ4v) is 2.36. The van der Waals surface area contributed by atoms with Crippen LogP contribution < -0.4 is 15.4 Å². The Kier molecular flexibility index (Phi) is 6.08. The van der Waals surface area contributed by atoms with Gasteiger partial charge in [0.2, 0.25) is 0 Å². The SMILES string of the molecule is CC(Oc1cccc(Cl)c1)C(=O)NCCC1=CCNCC1. The Bertz CT molecular complexity index is 517. The molecule has 2 rings (SSSR count). The third-order valence-corrected chi connectivity index (χ3v) is 3.62. The second kappa shape index (κ2) is 8.05. The summed E-state index contributed by atoms with van der Waals surface area (Å²) in [5.74, 6) is 0.496. The highest BCUT2D eigenvalue weighted by molar-refractivity contribution is 6.30. The van der Waals surface area contributed by atoms with Crippen LogP contribution in [0.5, 0.6) is 5.75 Å². The van der Waals surface area contributed by atoms with Crippen LogP contribution in [0.1, 0.15) is 19.8 Å². The van der Waals surface area contributed by atoms with E-state index in [1.54, 1.807) is 31.2 Å². The van der Waals surface area contributed by atoms with E-state index >= 15 is 0 Å². The molecule has 0 spiro atoms. The summed E-state index contributed by atoms with van der Waals surface area (Å²) in [5.41, 5.74) is 1.40. The lowest BCUT2D eigenvalue weighted by atomic mass is 10.1. The summed E-state index contributed by atoms with van der Waals surface area (Å²) in [7, 11) is 0. The van der Waals surface area contributed by atoms with Crippen molar-refractivity contribution in [3.8, 4) is 5.75 Å². The minimum absolute atomic E-state index is 0.107. The van der Waals surface area contributed by atoms with Crippen molar-refractivity contribution >= 4 is 17.5 Å². The van der Waals surface area contributed by atoms with Crippen molar-refractivity contribution in [3.05, 3.63) is 40.9 Å². The molecule has 0 saturated heterocycles. The van der Waals surface area contributed by atoms with Crippen molar-refractivity contribution in [3.63, 3.8) is 0 Å². The Labute approximate surface area is 130 Å². The predicted octanol–water partition coefficient (Wildman–Crippen LogP) is 2.53. The summed E-state index contributed by atoms with van der Waals surface area (Å²) >= 11 is 5.89. The van der Waals surface area contributed by atoms with Crippen LogP contribution in [0.3, 0.4) is 0 Å². The standard InChI is InChI=1S/C16H21ClN2O2/c1-12(21-15-4-2-3-14(17)11-15)16(20)19-10-7-13-5-8-18-9-6-13/h2-5,11-12,18H,6-10H2,1H3,(H,19,20). The molecular weight excluding hydrogens is 288 g/mol. The summed E-state index contributed by atoms with van der Waals surface area (Å²) in [4.78, 5) is 12.0. The fraction of sp³-hybridized carbons (Fsp3) is 0.438. The molecule has 0 radical (unpaired) electrons. The van der Waals surface area contributed by atoms with Gasteiger partial charge in [-0.05, 0) is 44.5 Å². The number of amides is 1. The molecule has 0 fully saturated rings. The van der Waals surface area contributed by atoms with Gasteiger partial charge in [-0.1, -0.05) is 29.3 Å². The number of hydrogen-bond donors (Lipinski definition) is 2. The number of ether oxygens (including phenoxy) is 1. The summed E-state index contributed by atoms with van der Waals surface area (Å²) in [6.07, 6.45) is 3.62. The van der Waals surface area contributed by atoms with Gasteiger partial charge in [0.15, 0.2) is 6.10 Å². The van der Waals surface area contributed by atoms with Crippen LogP contribution in [0.2, 0.25) is 5.02 Å². The van der Waals surface area contributed by atoms with E-state index in [0.29, 0.717) is 17.3 Å². The molecule has 1 unspecified atom stereocenters. The van der Waals surface area contributed by atoms with E-state index in [4.69, 9.17) is 16.3 Å². The van der Waals surface area contributed by atoms with Gasteiger partial charge in [0, 0.05) is 18.1 Å². The zero-order valence-electron chi connectivity index (χ0n) is 12.2. The molecule has 0 bridgehead atoms. The van der Waals surface area contributed by atoms with Gasteiger partial charge in [-0.2, -0.15) is 0 Å². The lowest BCUT2D eigenvalue weighted by Gasteiger charge is -2.17. The molecule has 1 amide bonds. The molecule has 0 aromatic heterocycles. The van der Waals surface area contributed by atoms with E-state index in [2.05, 4.69) is 16.7 Å². The van der Waals surface area contributed by atoms with Gasteiger partial charge in [-0.3, -0.25) is 4.79 Å². The van der Waals surface area contributed by atoms with Crippen LogP contribution in [0.25, 0.3) is 0 Å². The maximum Gasteiger partial charge on any atom is 0.260 e. The molecule has 5 heteroatoms. The number of halogens is 1. The maximum atomic E-state index is 12.0. The van der Waals surface area contributed by atoms with Crippen molar-refractivity contribution in [1.29, 1.82) is 0 Å². The fourth-order valence-electron chi connectivity index (χ4n) is 2.18. The van der Waals surface area contributed by atoms with E-state index in [1.807, 2.05) is 0 Å². The molecule has 0 aliphatic carbocycles. The number of benzene rings is 1. The van der Waals surface area contributed by atoms with Crippen molar-refractivity contribution in [2.75, 3.05) is 19.6 Å². The van der Waals surface area contributed by atoms with E-state index in [-0.39, 0.29) is 5.91 Å². The molecule has 4 nitrogen and oxygen atoms in total. The number of carbonyl (C=O) groups excluding carboxylic acids is 1. The summed E-state index contributed by atoms with van der Waals surface area (Å²) in [6, 6.07) is 7.05. The lowest BCUT2D eigenvalue weighted by molar-refractivity contribution is -0.127. The normalized spacial score (nSPS) is 16.0. The smallest absolute Gasteiger partial charge is 0.260 e. The summed E-state index contributed by atoms with van der Waals surface area (Å²) < 4.78 is 5.58. The van der Waals surface area contributed by atoms with Gasteiger partial charge in [-0.15, -0.1) is 0 Å². The van der Waals surface area contributed by atoms with Gasteiger partial charge >= 0.3 is 0 Å². The van der Waals surface area contributed by atoms with Crippen molar-refractivity contribution in [2.45, 2.75) is 25.9 Å². The molecule has 1 aliphatic heterocycles. The first-order valence-corrected chi connectivity index (χ1v) is 7.61. The molecule has 21 heavy (non-hydrogen) atoms. The third kappa shape index (κ3) is 5.40. The van der Waals surface area contributed by atoms with Gasteiger partial charge in [0.05, 0.1) is 0 Å². The lowest BCUT2D eigenvalue weighted by Crippen LogP contribution is -2.37. The van der Waals surface area contributed by atoms with Crippen molar-refractivity contribution in [1.82, 2.24) is 10.6 Å². The Morgan fingerprint density at radius 1 is 1.52 bits per heavy atom. The Morgan fingerprint density at radius 2 is 2.38 bits per heavy atom. The average Bonchev–Trinajstić information content (AvgIpc) is 2.48. The monoisotopic (exact) mass is 308 g/mol. The van der Waals surface area contributed by atoms with Gasteiger partial charge in [0.25, 0.3) is 5.91 Å². The zero-order valence-corrected chi connectivity index (χ0v) is 13.0. The molecule has 2 N–H and O–H groups in total. The van der Waals surface area contributed by atoms with E-state index < -0.39 is 6.10 Å². The second-order valence-electron chi connectivity index (χ2n) is 5.07. The van der Waals surface area contributed by atoms with Crippen LogP contribution in [0.15, 0.2) is 35.9 Å². The van der Waals surface area contributed by atoms with E-state index in [1.165, 1.54) is 5.57 Å². The molecule has 114 valence electrons. The minimum Gasteiger partial charge on any atom is -0.481 e. The first-order chi connectivity index (χ1) is 10.1. The van der Waals surface area contributed by atoms with Crippen LogP contribution in [0, 0.1) is 0 Å². The van der Waals surface area contributed by atoms with Crippen molar-refractivity contribution in [2.24, 2.45) is 0 Å². The molecule has 1 aromatic rings. The topological polar surface area (TPSA) is 50.4 Å². The highest BCUT2D eigenvalue weighted by Gasteiger charge is 2.14. The number of nitrogens with one attached hydrogen (secondary N) is 2. The van der Waals surface area contributed by atoms with Gasteiger partial charge in [-0.25, -0.2) is 0 Å². The molecule has 1 aromatic carbocycles. The van der Waals surface area contributed by atoms with E-state index in [9.17, 15) is 4.79 Å². The Balaban J connectivity index is 1.73. The second-order valence-corrected chi connectivity index (χ2v) is 5.51. The zero-order chi connectivity index (χ0) is 15.1. The van der Waals surface area contributed by atoms with Gasteiger partial charge in [0.1, 0.15) is 5.75 Å². The quantitative estimate of drug-likeness (QED) is 0.794. The molecular formula is C16H21ClN2O2. The summed E-state index contributed by atoms with van der Waals surface area (Å²) in [5, 5.41) is 6.77. The predicted molar refractivity (Wildman–Crippen MR) is 84.7 cm³/mol. The maximum absolute atomic E-state index is 12.0. The molecule has 0 saturated carbocycles. The number of rotatable bonds is 6. The average molecular weight is 309 g/mol.